The Kier molecular flexibility index (Phi) is 5.81. The number of fused-ring (bicyclic) bond motifs is 1. The first kappa shape index (κ1) is 22.4. The molecule has 0 spiro atoms. The number of anilines is 1. The van der Waals surface area contributed by atoms with E-state index < -0.39 is 11.9 Å². The van der Waals surface area contributed by atoms with Crippen LogP contribution in [0.5, 0.6) is 0 Å². The van der Waals surface area contributed by atoms with Crippen LogP contribution < -0.4 is 5.32 Å². The molecule has 0 fully saturated rings. The minimum atomic E-state index is -1.12. The molecule has 0 saturated carbocycles. The normalized spacial score (nSPS) is 10.9. The molecule has 2 N–H and O–H groups in total. The molecule has 5 aromatic rings. The number of halogens is 1. The lowest BCUT2D eigenvalue weighted by molar-refractivity contribution is 0.0698. The number of carbonyl (C=O) groups excluding carboxylic acids is 1. The average Bonchev–Trinajstić information content (AvgIpc) is 3.33. The number of carbonyl (C=O) groups is 2. The van der Waals surface area contributed by atoms with Gasteiger partial charge in [-0.25, -0.2) is 9.78 Å². The Balaban J connectivity index is 1.58. The van der Waals surface area contributed by atoms with E-state index in [4.69, 9.17) is 16.0 Å². The summed E-state index contributed by atoms with van der Waals surface area (Å²) in [5.74, 6) is -0.516. The van der Waals surface area contributed by atoms with E-state index in [9.17, 15) is 14.7 Å². The summed E-state index contributed by atoms with van der Waals surface area (Å²) in [6.45, 7) is 1.83. The van der Waals surface area contributed by atoms with Gasteiger partial charge in [0.1, 0.15) is 11.5 Å². The SMILES string of the molecule is Cc1ccc(C(=O)O)c(NC(=O)c2cc(-c3ccc(-c4ccccc4Cl)o3)nc3ccccc23)c1. The second-order valence-electron chi connectivity index (χ2n) is 8.02. The number of furan rings is 1. The third-order valence-corrected chi connectivity index (χ3v) is 5.94. The van der Waals surface area contributed by atoms with Crippen molar-refractivity contribution >= 4 is 40.1 Å². The molecule has 3 aromatic carbocycles. The van der Waals surface area contributed by atoms with Gasteiger partial charge in [0.05, 0.1) is 27.4 Å². The molecular weight excluding hydrogens is 464 g/mol. The first-order chi connectivity index (χ1) is 16.9. The van der Waals surface area contributed by atoms with E-state index in [-0.39, 0.29) is 11.3 Å². The van der Waals surface area contributed by atoms with E-state index in [0.29, 0.717) is 38.7 Å². The van der Waals surface area contributed by atoms with E-state index in [1.54, 1.807) is 42.5 Å². The number of carboxylic acid groups (broad SMARTS) is 1. The number of hydrogen-bond acceptors (Lipinski definition) is 4. The van der Waals surface area contributed by atoms with Gasteiger partial charge in [0.2, 0.25) is 0 Å². The fourth-order valence-corrected chi connectivity index (χ4v) is 4.14. The maximum atomic E-state index is 13.4. The van der Waals surface area contributed by atoms with Crippen LogP contribution in [0.1, 0.15) is 26.3 Å². The second kappa shape index (κ2) is 9.08. The molecule has 5 rings (SSSR count). The molecule has 0 aliphatic heterocycles. The van der Waals surface area contributed by atoms with Crippen molar-refractivity contribution in [1.29, 1.82) is 0 Å². The largest absolute Gasteiger partial charge is 0.478 e. The number of amides is 1. The Bertz CT molecular complexity index is 1610. The van der Waals surface area contributed by atoms with Gasteiger partial charge in [-0.2, -0.15) is 0 Å². The molecule has 6 nitrogen and oxygen atoms in total. The number of aromatic carboxylic acids is 1. The summed E-state index contributed by atoms with van der Waals surface area (Å²) in [6, 6.07) is 24.6. The maximum absolute atomic E-state index is 13.4. The number of para-hydroxylation sites is 1. The lowest BCUT2D eigenvalue weighted by Gasteiger charge is -2.12. The lowest BCUT2D eigenvalue weighted by atomic mass is 10.0. The molecule has 0 saturated heterocycles. The molecule has 0 radical (unpaired) electrons. The number of pyridine rings is 1. The zero-order valence-corrected chi connectivity index (χ0v) is 19.3. The highest BCUT2D eigenvalue weighted by molar-refractivity contribution is 6.33. The summed E-state index contributed by atoms with van der Waals surface area (Å²) in [6.07, 6.45) is 0. The van der Waals surface area contributed by atoms with Crippen molar-refractivity contribution in [2.45, 2.75) is 6.92 Å². The molecule has 172 valence electrons. The molecule has 0 aliphatic rings. The Labute approximate surface area is 205 Å². The smallest absolute Gasteiger partial charge is 0.337 e. The number of rotatable bonds is 5. The molecule has 2 heterocycles. The van der Waals surface area contributed by atoms with Crippen molar-refractivity contribution in [3.05, 3.63) is 107 Å². The highest BCUT2D eigenvalue weighted by atomic mass is 35.5. The first-order valence-corrected chi connectivity index (χ1v) is 11.2. The Hall–Kier alpha value is -4.42. The Morgan fingerprint density at radius 3 is 2.43 bits per heavy atom. The highest BCUT2D eigenvalue weighted by Crippen LogP contribution is 2.33. The van der Waals surface area contributed by atoms with Crippen LogP contribution in [0.4, 0.5) is 5.69 Å². The zero-order chi connectivity index (χ0) is 24.5. The number of nitrogens with one attached hydrogen (secondary N) is 1. The van der Waals surface area contributed by atoms with Gasteiger partial charge in [0.25, 0.3) is 5.91 Å². The third-order valence-electron chi connectivity index (χ3n) is 5.61. The second-order valence-corrected chi connectivity index (χ2v) is 8.43. The molecule has 2 aromatic heterocycles. The first-order valence-electron chi connectivity index (χ1n) is 10.8. The molecule has 35 heavy (non-hydrogen) atoms. The summed E-state index contributed by atoms with van der Waals surface area (Å²) in [7, 11) is 0. The highest BCUT2D eigenvalue weighted by Gasteiger charge is 2.19. The molecule has 0 bridgehead atoms. The number of aromatic nitrogens is 1. The van der Waals surface area contributed by atoms with Crippen molar-refractivity contribution in [3.8, 4) is 22.8 Å². The van der Waals surface area contributed by atoms with Crippen molar-refractivity contribution in [1.82, 2.24) is 4.98 Å². The number of benzene rings is 3. The van der Waals surface area contributed by atoms with Gasteiger partial charge in [0, 0.05) is 10.9 Å². The van der Waals surface area contributed by atoms with Crippen LogP contribution in [0.25, 0.3) is 33.7 Å². The monoisotopic (exact) mass is 482 g/mol. The molecule has 1 amide bonds. The number of hydrogen-bond donors (Lipinski definition) is 2. The van der Waals surface area contributed by atoms with Crippen molar-refractivity contribution in [2.75, 3.05) is 5.32 Å². The fourth-order valence-electron chi connectivity index (χ4n) is 3.91. The standard InChI is InChI=1S/C28H19ClN2O4/c1-16-10-11-19(28(33)34)23(14-16)31-27(32)20-15-24(30-22-9-5-3-6-17(20)22)26-13-12-25(35-26)18-7-2-4-8-21(18)29/h2-15H,1H3,(H,31,32)(H,33,34). The average molecular weight is 483 g/mol. The topological polar surface area (TPSA) is 92.4 Å². The lowest BCUT2D eigenvalue weighted by Crippen LogP contribution is -2.16. The van der Waals surface area contributed by atoms with E-state index in [2.05, 4.69) is 10.3 Å². The van der Waals surface area contributed by atoms with Crippen LogP contribution in [0.3, 0.4) is 0 Å². The fraction of sp³-hybridized carbons (Fsp3) is 0.0357. The van der Waals surface area contributed by atoms with Crippen LogP contribution in [0.15, 0.2) is 89.3 Å². The van der Waals surface area contributed by atoms with E-state index in [0.717, 1.165) is 11.1 Å². The third kappa shape index (κ3) is 4.39. The predicted molar refractivity (Wildman–Crippen MR) is 136 cm³/mol. The van der Waals surface area contributed by atoms with Gasteiger partial charge in [-0.05, 0) is 61.0 Å². The van der Waals surface area contributed by atoms with Gasteiger partial charge < -0.3 is 14.8 Å². The van der Waals surface area contributed by atoms with Crippen LogP contribution in [0.2, 0.25) is 5.02 Å². The minimum absolute atomic E-state index is 0.0120. The van der Waals surface area contributed by atoms with Crippen molar-refractivity contribution < 1.29 is 19.1 Å². The summed E-state index contributed by atoms with van der Waals surface area (Å²) in [5, 5.41) is 13.5. The number of carboxylic acids is 1. The summed E-state index contributed by atoms with van der Waals surface area (Å²) >= 11 is 6.31. The molecule has 0 aliphatic carbocycles. The van der Waals surface area contributed by atoms with Gasteiger partial charge in [-0.15, -0.1) is 0 Å². The van der Waals surface area contributed by atoms with Gasteiger partial charge in [0.15, 0.2) is 5.76 Å². The molecule has 7 heteroatoms. The Morgan fingerprint density at radius 2 is 1.63 bits per heavy atom. The summed E-state index contributed by atoms with van der Waals surface area (Å²) in [5.41, 5.74) is 3.23. The van der Waals surface area contributed by atoms with Crippen LogP contribution in [0, 0.1) is 6.92 Å². The summed E-state index contributed by atoms with van der Waals surface area (Å²) < 4.78 is 6.05. The van der Waals surface area contributed by atoms with Crippen LogP contribution in [-0.2, 0) is 0 Å². The molecule has 0 atom stereocenters. The van der Waals surface area contributed by atoms with E-state index in [1.165, 1.54) is 6.07 Å². The van der Waals surface area contributed by atoms with Gasteiger partial charge in [-0.3, -0.25) is 4.79 Å². The summed E-state index contributed by atoms with van der Waals surface area (Å²) in [4.78, 5) is 29.7. The molecular formula is C28H19ClN2O4. The van der Waals surface area contributed by atoms with E-state index >= 15 is 0 Å². The minimum Gasteiger partial charge on any atom is -0.478 e. The Morgan fingerprint density at radius 1 is 0.886 bits per heavy atom. The van der Waals surface area contributed by atoms with E-state index in [1.807, 2.05) is 43.3 Å². The zero-order valence-electron chi connectivity index (χ0n) is 18.6. The number of nitrogens with zero attached hydrogens (tertiary/aromatic N) is 1. The van der Waals surface area contributed by atoms with Crippen LogP contribution in [-0.4, -0.2) is 22.0 Å². The quantitative estimate of drug-likeness (QED) is 0.279. The predicted octanol–water partition coefficient (Wildman–Crippen LogP) is 7.07. The maximum Gasteiger partial charge on any atom is 0.337 e. The van der Waals surface area contributed by atoms with Crippen molar-refractivity contribution in [3.63, 3.8) is 0 Å². The molecule has 0 unspecified atom stereocenters. The van der Waals surface area contributed by atoms with Crippen LogP contribution >= 0.6 is 11.6 Å². The number of aryl methyl sites for hydroxylation is 1. The van der Waals surface area contributed by atoms with Crippen molar-refractivity contribution in [2.24, 2.45) is 0 Å². The van der Waals surface area contributed by atoms with Gasteiger partial charge >= 0.3 is 5.97 Å². The van der Waals surface area contributed by atoms with Gasteiger partial charge in [-0.1, -0.05) is 48.0 Å².